The first-order valence-electron chi connectivity index (χ1n) is 8.77. The van der Waals surface area contributed by atoms with Crippen LogP contribution < -0.4 is 10.2 Å². The van der Waals surface area contributed by atoms with Crippen LogP contribution in [0.15, 0.2) is 42.5 Å². The molecule has 2 aliphatic rings. The maximum atomic E-state index is 12.6. The number of fused-ring (bicyclic) bond motifs is 1. The van der Waals surface area contributed by atoms with E-state index in [9.17, 15) is 4.79 Å². The predicted octanol–water partition coefficient (Wildman–Crippen LogP) is 4.10. The molecule has 0 saturated carbocycles. The Morgan fingerprint density at radius 1 is 1.04 bits per heavy atom. The summed E-state index contributed by atoms with van der Waals surface area (Å²) in [7, 11) is 0. The number of nitrogens with one attached hydrogen (secondary N) is 1. The van der Waals surface area contributed by atoms with Crippen molar-refractivity contribution >= 4 is 29.2 Å². The number of nitrogens with zero attached hydrogens (tertiary/aromatic N) is 2. The van der Waals surface area contributed by atoms with Crippen molar-refractivity contribution in [3.05, 3.63) is 59.2 Å². The van der Waals surface area contributed by atoms with Gasteiger partial charge >= 0.3 is 6.03 Å². The van der Waals surface area contributed by atoms with Gasteiger partial charge in [-0.15, -0.1) is 0 Å². The lowest BCUT2D eigenvalue weighted by molar-refractivity contribution is 0.212. The molecule has 5 heteroatoms. The lowest BCUT2D eigenvalue weighted by Crippen LogP contribution is -2.32. The molecule has 0 bridgehead atoms. The van der Waals surface area contributed by atoms with Gasteiger partial charge in [0.25, 0.3) is 0 Å². The highest BCUT2D eigenvalue weighted by atomic mass is 32.2. The van der Waals surface area contributed by atoms with Crippen molar-refractivity contribution in [2.24, 2.45) is 0 Å². The number of hydrogen-bond acceptors (Lipinski definition) is 3. The van der Waals surface area contributed by atoms with Crippen molar-refractivity contribution < 1.29 is 4.79 Å². The molecule has 1 fully saturated rings. The number of anilines is 2. The molecule has 2 aliphatic heterocycles. The molecule has 4 nitrogen and oxygen atoms in total. The Balaban J connectivity index is 1.43. The highest BCUT2D eigenvalue weighted by molar-refractivity contribution is 7.99. The number of hydrogen-bond donors (Lipinski definition) is 1. The molecule has 25 heavy (non-hydrogen) atoms. The Morgan fingerprint density at radius 3 is 2.36 bits per heavy atom. The zero-order valence-corrected chi connectivity index (χ0v) is 15.3. The third kappa shape index (κ3) is 3.47. The van der Waals surface area contributed by atoms with E-state index in [1.165, 1.54) is 28.3 Å². The summed E-state index contributed by atoms with van der Waals surface area (Å²) in [6.07, 6.45) is 0. The number of thioether (sulfide) groups is 1. The van der Waals surface area contributed by atoms with E-state index in [2.05, 4.69) is 41.4 Å². The van der Waals surface area contributed by atoms with Gasteiger partial charge < -0.3 is 15.1 Å². The molecule has 130 valence electrons. The molecule has 0 aliphatic carbocycles. The highest BCUT2D eigenvalue weighted by Crippen LogP contribution is 2.27. The van der Waals surface area contributed by atoms with Gasteiger partial charge in [0, 0.05) is 49.1 Å². The molecule has 2 aromatic rings. The SMILES string of the molecule is Cc1cc(N2CCSCC2)ccc1NC(=O)N1Cc2ccccc2C1. The summed E-state index contributed by atoms with van der Waals surface area (Å²) in [6.45, 7) is 5.63. The molecule has 0 aromatic heterocycles. The summed E-state index contributed by atoms with van der Waals surface area (Å²) < 4.78 is 0. The van der Waals surface area contributed by atoms with Crippen molar-refractivity contribution in [1.82, 2.24) is 4.90 Å². The Labute approximate surface area is 153 Å². The van der Waals surface area contributed by atoms with Crippen LogP contribution in [0.4, 0.5) is 16.2 Å². The van der Waals surface area contributed by atoms with Crippen molar-refractivity contribution in [2.45, 2.75) is 20.0 Å². The molecule has 0 spiro atoms. The van der Waals surface area contributed by atoms with Crippen LogP contribution in [0, 0.1) is 6.92 Å². The van der Waals surface area contributed by atoms with Crippen LogP contribution in [-0.4, -0.2) is 35.5 Å². The average Bonchev–Trinajstić information content (AvgIpc) is 3.08. The number of aryl methyl sites for hydroxylation is 1. The van der Waals surface area contributed by atoms with Crippen molar-refractivity contribution in [3.8, 4) is 0 Å². The monoisotopic (exact) mass is 353 g/mol. The minimum Gasteiger partial charge on any atom is -0.370 e. The van der Waals surface area contributed by atoms with Gasteiger partial charge in [-0.2, -0.15) is 11.8 Å². The van der Waals surface area contributed by atoms with Crippen molar-refractivity contribution in [2.75, 3.05) is 34.8 Å². The minimum atomic E-state index is -0.0265. The van der Waals surface area contributed by atoms with Crippen LogP contribution in [0.3, 0.4) is 0 Å². The zero-order chi connectivity index (χ0) is 17.2. The largest absolute Gasteiger partial charge is 0.370 e. The van der Waals surface area contributed by atoms with Crippen LogP contribution in [0.2, 0.25) is 0 Å². The lowest BCUT2D eigenvalue weighted by Gasteiger charge is -2.29. The summed E-state index contributed by atoms with van der Waals surface area (Å²) in [5.41, 5.74) is 5.75. The second kappa shape index (κ2) is 7.00. The molecule has 0 radical (unpaired) electrons. The van der Waals surface area contributed by atoms with Crippen LogP contribution in [-0.2, 0) is 13.1 Å². The number of urea groups is 1. The van der Waals surface area contributed by atoms with E-state index in [0.29, 0.717) is 13.1 Å². The van der Waals surface area contributed by atoms with E-state index in [1.54, 1.807) is 0 Å². The van der Waals surface area contributed by atoms with E-state index in [-0.39, 0.29) is 6.03 Å². The zero-order valence-electron chi connectivity index (χ0n) is 14.5. The first-order valence-corrected chi connectivity index (χ1v) is 9.92. The number of benzene rings is 2. The fraction of sp³-hybridized carbons (Fsp3) is 0.350. The highest BCUT2D eigenvalue weighted by Gasteiger charge is 2.23. The third-order valence-electron chi connectivity index (χ3n) is 4.96. The molecule has 2 heterocycles. The fourth-order valence-corrected chi connectivity index (χ4v) is 4.38. The van der Waals surface area contributed by atoms with Gasteiger partial charge in [0.1, 0.15) is 0 Å². The predicted molar refractivity (Wildman–Crippen MR) is 105 cm³/mol. The van der Waals surface area contributed by atoms with Crippen LogP contribution >= 0.6 is 11.8 Å². The standard InChI is InChI=1S/C20H23N3OS/c1-15-12-18(22-8-10-25-11-9-22)6-7-19(15)21-20(24)23-13-16-4-2-3-5-17(16)14-23/h2-7,12H,8-11,13-14H2,1H3,(H,21,24). The normalized spacial score (nSPS) is 16.7. The molecule has 4 rings (SSSR count). The maximum Gasteiger partial charge on any atom is 0.322 e. The average molecular weight is 353 g/mol. The van der Waals surface area contributed by atoms with E-state index in [4.69, 9.17) is 0 Å². The third-order valence-corrected chi connectivity index (χ3v) is 5.90. The molecule has 2 amide bonds. The second-order valence-corrected chi connectivity index (χ2v) is 7.88. The van der Waals surface area contributed by atoms with E-state index >= 15 is 0 Å². The van der Waals surface area contributed by atoms with Gasteiger partial charge in [0.15, 0.2) is 0 Å². The Kier molecular flexibility index (Phi) is 4.57. The maximum absolute atomic E-state index is 12.6. The van der Waals surface area contributed by atoms with Crippen molar-refractivity contribution in [1.29, 1.82) is 0 Å². The summed E-state index contributed by atoms with van der Waals surface area (Å²) in [5, 5.41) is 3.08. The van der Waals surface area contributed by atoms with Gasteiger partial charge in [-0.05, 0) is 41.8 Å². The quantitative estimate of drug-likeness (QED) is 0.883. The number of amides is 2. The Hall–Kier alpha value is -2.14. The molecular formula is C20H23N3OS. The van der Waals surface area contributed by atoms with Crippen LogP contribution in [0.25, 0.3) is 0 Å². The number of carbonyl (C=O) groups is 1. The van der Waals surface area contributed by atoms with Gasteiger partial charge in [0.2, 0.25) is 0 Å². The molecular weight excluding hydrogens is 330 g/mol. The number of rotatable bonds is 2. The first-order chi connectivity index (χ1) is 12.2. The smallest absolute Gasteiger partial charge is 0.322 e. The summed E-state index contributed by atoms with van der Waals surface area (Å²) in [4.78, 5) is 16.9. The summed E-state index contributed by atoms with van der Waals surface area (Å²) in [5.74, 6) is 2.38. The van der Waals surface area contributed by atoms with Crippen LogP contribution in [0.1, 0.15) is 16.7 Å². The molecule has 1 N–H and O–H groups in total. The molecule has 1 saturated heterocycles. The summed E-state index contributed by atoms with van der Waals surface area (Å²) in [6, 6.07) is 14.6. The Bertz CT molecular complexity index is 761. The Morgan fingerprint density at radius 2 is 1.72 bits per heavy atom. The van der Waals surface area contributed by atoms with E-state index in [0.717, 1.165) is 24.3 Å². The topological polar surface area (TPSA) is 35.6 Å². The molecule has 2 aromatic carbocycles. The van der Waals surface area contributed by atoms with Crippen molar-refractivity contribution in [3.63, 3.8) is 0 Å². The minimum absolute atomic E-state index is 0.0265. The first kappa shape index (κ1) is 16.3. The lowest BCUT2D eigenvalue weighted by atomic mass is 10.1. The van der Waals surface area contributed by atoms with Gasteiger partial charge in [-0.1, -0.05) is 24.3 Å². The summed E-state index contributed by atoms with van der Waals surface area (Å²) >= 11 is 2.01. The fourth-order valence-electron chi connectivity index (χ4n) is 3.48. The van der Waals surface area contributed by atoms with Gasteiger partial charge in [-0.25, -0.2) is 4.79 Å². The van der Waals surface area contributed by atoms with E-state index < -0.39 is 0 Å². The van der Waals surface area contributed by atoms with Crippen LogP contribution in [0.5, 0.6) is 0 Å². The molecule has 0 atom stereocenters. The van der Waals surface area contributed by atoms with E-state index in [1.807, 2.05) is 34.9 Å². The number of carbonyl (C=O) groups excluding carboxylic acids is 1. The second-order valence-electron chi connectivity index (χ2n) is 6.65. The van der Waals surface area contributed by atoms with Gasteiger partial charge in [0.05, 0.1) is 0 Å². The van der Waals surface area contributed by atoms with Gasteiger partial charge in [-0.3, -0.25) is 0 Å². The molecule has 0 unspecified atom stereocenters.